The van der Waals surface area contributed by atoms with Crippen molar-refractivity contribution in [2.24, 2.45) is 5.92 Å². The third-order valence-corrected chi connectivity index (χ3v) is 2.56. The predicted octanol–water partition coefficient (Wildman–Crippen LogP) is 1.80. The van der Waals surface area contributed by atoms with E-state index >= 15 is 0 Å². The lowest BCUT2D eigenvalue weighted by molar-refractivity contribution is 0.0243. The van der Waals surface area contributed by atoms with E-state index < -0.39 is 5.60 Å². The molecule has 4 nitrogen and oxygen atoms in total. The summed E-state index contributed by atoms with van der Waals surface area (Å²) in [4.78, 5) is 16.0. The van der Waals surface area contributed by atoms with Crippen LogP contribution < -0.4 is 0 Å². The molecular weight excluding hydrogens is 204 g/mol. The van der Waals surface area contributed by atoms with E-state index in [1.165, 1.54) is 0 Å². The molecule has 1 saturated heterocycles. The lowest BCUT2D eigenvalue weighted by Crippen LogP contribution is -2.39. The van der Waals surface area contributed by atoms with Gasteiger partial charge in [-0.2, -0.15) is 0 Å². The summed E-state index contributed by atoms with van der Waals surface area (Å²) >= 11 is 0. The van der Waals surface area contributed by atoms with E-state index in [1.807, 2.05) is 25.7 Å². The van der Waals surface area contributed by atoms with Crippen molar-refractivity contribution in [3.05, 3.63) is 0 Å². The topological polar surface area (TPSA) is 32.8 Å². The molecule has 16 heavy (non-hydrogen) atoms. The number of ether oxygens (including phenoxy) is 1. The van der Waals surface area contributed by atoms with Crippen LogP contribution in [0.3, 0.4) is 0 Å². The number of amides is 1. The third-order valence-electron chi connectivity index (χ3n) is 2.56. The smallest absolute Gasteiger partial charge is 0.410 e. The minimum absolute atomic E-state index is 0.186. The molecule has 0 bridgehead atoms. The van der Waals surface area contributed by atoms with Crippen LogP contribution in [0.5, 0.6) is 0 Å². The van der Waals surface area contributed by atoms with E-state index in [0.717, 1.165) is 26.2 Å². The van der Waals surface area contributed by atoms with Gasteiger partial charge in [0.2, 0.25) is 0 Å². The maximum absolute atomic E-state index is 11.9. The summed E-state index contributed by atoms with van der Waals surface area (Å²) in [6, 6.07) is 0. The first-order chi connectivity index (χ1) is 7.28. The van der Waals surface area contributed by atoms with Crippen LogP contribution in [0.4, 0.5) is 4.79 Å². The molecule has 1 fully saturated rings. The predicted molar refractivity (Wildman–Crippen MR) is 64.5 cm³/mol. The summed E-state index contributed by atoms with van der Waals surface area (Å²) in [6.07, 6.45) is -0.186. The fraction of sp³-hybridized carbons (Fsp3) is 0.917. The molecule has 1 amide bonds. The van der Waals surface area contributed by atoms with Crippen LogP contribution in [0.15, 0.2) is 0 Å². The Balaban J connectivity index is 2.55. The third kappa shape index (κ3) is 4.39. The van der Waals surface area contributed by atoms with E-state index in [0.29, 0.717) is 5.92 Å². The molecule has 1 unspecified atom stereocenters. The number of carbonyl (C=O) groups excluding carboxylic acids is 1. The zero-order valence-electron chi connectivity index (χ0n) is 11.1. The summed E-state index contributed by atoms with van der Waals surface area (Å²) in [5.41, 5.74) is -0.404. The number of rotatable bonds is 0. The van der Waals surface area contributed by atoms with Crippen molar-refractivity contribution < 1.29 is 9.53 Å². The number of carbonyl (C=O) groups is 1. The van der Waals surface area contributed by atoms with Gasteiger partial charge in [0.05, 0.1) is 0 Å². The van der Waals surface area contributed by atoms with Crippen molar-refractivity contribution in [2.75, 3.05) is 33.2 Å². The van der Waals surface area contributed by atoms with E-state index in [4.69, 9.17) is 4.74 Å². The van der Waals surface area contributed by atoms with Crippen molar-refractivity contribution in [1.82, 2.24) is 9.80 Å². The molecule has 0 N–H and O–H groups in total. The first-order valence-electron chi connectivity index (χ1n) is 5.94. The molecule has 1 aliphatic rings. The van der Waals surface area contributed by atoms with Crippen molar-refractivity contribution >= 4 is 6.09 Å². The lowest BCUT2D eigenvalue weighted by Gasteiger charge is -2.27. The van der Waals surface area contributed by atoms with Gasteiger partial charge in [-0.3, -0.25) is 0 Å². The summed E-state index contributed by atoms with van der Waals surface area (Å²) in [6.45, 7) is 11.4. The number of hydrogen-bond acceptors (Lipinski definition) is 3. The van der Waals surface area contributed by atoms with Crippen molar-refractivity contribution in [1.29, 1.82) is 0 Å². The maximum atomic E-state index is 11.9. The van der Waals surface area contributed by atoms with Crippen LogP contribution in [0.1, 0.15) is 27.7 Å². The van der Waals surface area contributed by atoms with Gasteiger partial charge in [-0.15, -0.1) is 0 Å². The SMILES string of the molecule is CC1CN(C)CCN(C(=O)OC(C)(C)C)C1. The first kappa shape index (κ1) is 13.3. The monoisotopic (exact) mass is 228 g/mol. The Bertz CT molecular complexity index is 248. The first-order valence-corrected chi connectivity index (χ1v) is 5.94. The molecule has 4 heteroatoms. The van der Waals surface area contributed by atoms with Crippen molar-refractivity contribution in [2.45, 2.75) is 33.3 Å². The maximum Gasteiger partial charge on any atom is 0.410 e. The average Bonchev–Trinajstić information content (AvgIpc) is 2.23. The average molecular weight is 228 g/mol. The fourth-order valence-corrected chi connectivity index (χ4v) is 1.93. The highest BCUT2D eigenvalue weighted by molar-refractivity contribution is 5.68. The summed E-state index contributed by atoms with van der Waals surface area (Å²) in [5.74, 6) is 0.500. The standard InChI is InChI=1S/C12H24N2O2/c1-10-8-13(5)6-7-14(9-10)11(15)16-12(2,3)4/h10H,6-9H2,1-5H3. The lowest BCUT2D eigenvalue weighted by atomic mass is 10.1. The Morgan fingerprint density at radius 3 is 2.44 bits per heavy atom. The van der Waals surface area contributed by atoms with Crippen LogP contribution in [0, 0.1) is 5.92 Å². The van der Waals surface area contributed by atoms with Gasteiger partial charge < -0.3 is 14.5 Å². The molecule has 0 aromatic carbocycles. The Labute approximate surface area is 98.5 Å². The Morgan fingerprint density at radius 2 is 1.88 bits per heavy atom. The van der Waals surface area contributed by atoms with Crippen LogP contribution in [0.2, 0.25) is 0 Å². The molecule has 1 heterocycles. The molecule has 0 aromatic rings. The Hall–Kier alpha value is -0.770. The van der Waals surface area contributed by atoms with Crippen LogP contribution in [0.25, 0.3) is 0 Å². The van der Waals surface area contributed by atoms with Gasteiger partial charge in [0.25, 0.3) is 0 Å². The second-order valence-electron chi connectivity index (χ2n) is 5.79. The van der Waals surface area contributed by atoms with Crippen molar-refractivity contribution in [3.63, 3.8) is 0 Å². The van der Waals surface area contributed by atoms with E-state index in [9.17, 15) is 4.79 Å². The second-order valence-corrected chi connectivity index (χ2v) is 5.79. The largest absolute Gasteiger partial charge is 0.444 e. The van der Waals surface area contributed by atoms with Crippen molar-refractivity contribution in [3.8, 4) is 0 Å². The normalized spacial score (nSPS) is 24.1. The fourth-order valence-electron chi connectivity index (χ4n) is 1.93. The quantitative estimate of drug-likeness (QED) is 0.634. The molecule has 0 saturated carbocycles. The highest BCUT2D eigenvalue weighted by atomic mass is 16.6. The minimum atomic E-state index is -0.404. The summed E-state index contributed by atoms with van der Waals surface area (Å²) < 4.78 is 5.38. The van der Waals surface area contributed by atoms with E-state index in [1.54, 1.807) is 0 Å². The van der Waals surface area contributed by atoms with Crippen LogP contribution in [-0.2, 0) is 4.74 Å². The highest BCUT2D eigenvalue weighted by Crippen LogP contribution is 2.13. The zero-order chi connectivity index (χ0) is 12.3. The number of likely N-dealkylation sites (N-methyl/N-ethyl adjacent to an activating group) is 1. The van der Waals surface area contributed by atoms with Gasteiger partial charge in [-0.1, -0.05) is 6.92 Å². The number of nitrogens with zero attached hydrogens (tertiary/aromatic N) is 2. The summed E-state index contributed by atoms with van der Waals surface area (Å²) in [7, 11) is 2.09. The molecule has 0 spiro atoms. The minimum Gasteiger partial charge on any atom is -0.444 e. The molecular formula is C12H24N2O2. The van der Waals surface area contributed by atoms with Crippen LogP contribution >= 0.6 is 0 Å². The number of hydrogen-bond donors (Lipinski definition) is 0. The molecule has 1 aliphatic heterocycles. The van der Waals surface area contributed by atoms with Gasteiger partial charge in [0.1, 0.15) is 5.60 Å². The van der Waals surface area contributed by atoms with Crippen LogP contribution in [-0.4, -0.2) is 54.7 Å². The molecule has 94 valence electrons. The van der Waals surface area contributed by atoms with E-state index in [-0.39, 0.29) is 6.09 Å². The van der Waals surface area contributed by atoms with Gasteiger partial charge in [-0.25, -0.2) is 4.79 Å². The van der Waals surface area contributed by atoms with Gasteiger partial charge in [-0.05, 0) is 33.7 Å². The van der Waals surface area contributed by atoms with Gasteiger partial charge in [0.15, 0.2) is 0 Å². The summed E-state index contributed by atoms with van der Waals surface area (Å²) in [5, 5.41) is 0. The molecule has 0 radical (unpaired) electrons. The zero-order valence-corrected chi connectivity index (χ0v) is 11.1. The molecule has 0 aliphatic carbocycles. The Kier molecular flexibility index (Phi) is 4.19. The van der Waals surface area contributed by atoms with Gasteiger partial charge in [0, 0.05) is 26.2 Å². The van der Waals surface area contributed by atoms with E-state index in [2.05, 4.69) is 18.9 Å². The van der Waals surface area contributed by atoms with Gasteiger partial charge >= 0.3 is 6.09 Å². The molecule has 0 aromatic heterocycles. The highest BCUT2D eigenvalue weighted by Gasteiger charge is 2.25. The molecule has 1 rings (SSSR count). The Morgan fingerprint density at radius 1 is 1.25 bits per heavy atom. The second kappa shape index (κ2) is 5.04. The molecule has 1 atom stereocenters.